The first-order chi connectivity index (χ1) is 16.1. The van der Waals surface area contributed by atoms with Crippen molar-refractivity contribution in [1.29, 1.82) is 5.41 Å². The maximum absolute atomic E-state index is 12.7. The SMILES string of the molecule is CC(C)c1ccc(CCNS(=O)(=O)c2cc(C(=N)N)ccc2O)c(NC(=O)Cc2nn[nH]n2)c1.Cl. The first-order valence-corrected chi connectivity index (χ1v) is 11.9. The molecular weight excluding hydrogens is 496 g/mol. The molecule has 3 rings (SSSR count). The number of aromatic hydroxyl groups is 1. The summed E-state index contributed by atoms with van der Waals surface area (Å²) in [6, 6.07) is 9.28. The number of aromatic amines is 1. The molecule has 7 N–H and O–H groups in total. The number of nitrogens with zero attached hydrogens (tertiary/aromatic N) is 3. The van der Waals surface area contributed by atoms with Crippen molar-refractivity contribution >= 4 is 39.9 Å². The number of benzene rings is 2. The molecule has 1 amide bonds. The van der Waals surface area contributed by atoms with Gasteiger partial charge in [-0.05, 0) is 47.7 Å². The highest BCUT2D eigenvalue weighted by atomic mass is 35.5. The molecular formula is C21H27ClN8O4S. The molecule has 0 fully saturated rings. The summed E-state index contributed by atoms with van der Waals surface area (Å²) in [4.78, 5) is 12.1. The summed E-state index contributed by atoms with van der Waals surface area (Å²) in [5, 5.41) is 33.6. The average Bonchev–Trinajstić information content (AvgIpc) is 3.27. The van der Waals surface area contributed by atoms with Gasteiger partial charge in [0.05, 0.1) is 6.42 Å². The molecule has 0 aliphatic heterocycles. The van der Waals surface area contributed by atoms with Crippen molar-refractivity contribution in [3.63, 3.8) is 0 Å². The maximum atomic E-state index is 12.7. The molecule has 0 radical (unpaired) electrons. The second-order valence-corrected chi connectivity index (χ2v) is 9.60. The van der Waals surface area contributed by atoms with Gasteiger partial charge in [0.2, 0.25) is 15.9 Å². The van der Waals surface area contributed by atoms with Crippen LogP contribution in [0.2, 0.25) is 0 Å². The van der Waals surface area contributed by atoms with E-state index in [0.29, 0.717) is 5.69 Å². The Labute approximate surface area is 208 Å². The third-order valence-corrected chi connectivity index (χ3v) is 6.52. The fraction of sp³-hybridized carbons (Fsp3) is 0.286. The quantitative estimate of drug-likeness (QED) is 0.169. The normalized spacial score (nSPS) is 11.2. The monoisotopic (exact) mass is 522 g/mol. The van der Waals surface area contributed by atoms with Gasteiger partial charge in [-0.25, -0.2) is 13.1 Å². The van der Waals surface area contributed by atoms with Crippen molar-refractivity contribution in [2.45, 2.75) is 37.5 Å². The van der Waals surface area contributed by atoms with Gasteiger partial charge in [0.15, 0.2) is 5.82 Å². The van der Waals surface area contributed by atoms with Crippen LogP contribution in [0, 0.1) is 5.41 Å². The predicted octanol–water partition coefficient (Wildman–Crippen LogP) is 1.44. The number of nitrogens with one attached hydrogen (secondary N) is 4. The van der Waals surface area contributed by atoms with Crippen LogP contribution >= 0.6 is 12.4 Å². The largest absolute Gasteiger partial charge is 0.507 e. The Kier molecular flexibility index (Phi) is 9.28. The van der Waals surface area contributed by atoms with Gasteiger partial charge in [0.25, 0.3) is 0 Å². The molecule has 0 spiro atoms. The third kappa shape index (κ3) is 7.21. The second-order valence-electron chi connectivity index (χ2n) is 7.87. The Morgan fingerprint density at radius 2 is 1.97 bits per heavy atom. The van der Waals surface area contributed by atoms with E-state index in [2.05, 4.69) is 30.7 Å². The number of anilines is 1. The van der Waals surface area contributed by atoms with E-state index in [1.165, 1.54) is 12.1 Å². The number of H-pyrrole nitrogens is 1. The van der Waals surface area contributed by atoms with Gasteiger partial charge in [-0.3, -0.25) is 10.2 Å². The standard InChI is InChI=1S/C21H26N8O4S.ClH/c1-12(2)14-4-3-13(16(9-14)25-20(31)11-19-26-28-29-27-19)7-8-24-34(32,33)18-10-15(21(22)23)5-6-17(18)30;/h3-6,9-10,12,24,30H,7-8,11H2,1-2H3,(H3,22,23)(H,25,31)(H,26,27,28,29);1H. The van der Waals surface area contributed by atoms with Crippen LogP contribution in [-0.4, -0.2) is 52.4 Å². The zero-order chi connectivity index (χ0) is 24.9. The molecule has 0 saturated carbocycles. The van der Waals surface area contributed by atoms with Crippen molar-refractivity contribution in [3.8, 4) is 5.75 Å². The number of tetrazole rings is 1. The molecule has 0 unspecified atom stereocenters. The fourth-order valence-corrected chi connectivity index (χ4v) is 4.33. The number of halogens is 1. The van der Waals surface area contributed by atoms with Crippen molar-refractivity contribution in [1.82, 2.24) is 25.3 Å². The van der Waals surface area contributed by atoms with Crippen molar-refractivity contribution in [2.24, 2.45) is 5.73 Å². The smallest absolute Gasteiger partial charge is 0.244 e. The highest BCUT2D eigenvalue weighted by Gasteiger charge is 2.20. The van der Waals surface area contributed by atoms with Crippen molar-refractivity contribution < 1.29 is 18.3 Å². The Balaban J connectivity index is 0.00000432. The van der Waals surface area contributed by atoms with Gasteiger partial charge < -0.3 is 16.2 Å². The summed E-state index contributed by atoms with van der Waals surface area (Å²) in [5.74, 6) is -0.637. The number of nitrogen functional groups attached to an aromatic ring is 1. The highest BCUT2D eigenvalue weighted by molar-refractivity contribution is 7.89. The molecule has 14 heteroatoms. The van der Waals surface area contributed by atoms with Crippen LogP contribution in [0.1, 0.15) is 42.3 Å². The Hall–Kier alpha value is -3.55. The first kappa shape index (κ1) is 27.7. The summed E-state index contributed by atoms with van der Waals surface area (Å²) < 4.78 is 27.9. The van der Waals surface area contributed by atoms with E-state index in [9.17, 15) is 18.3 Å². The summed E-state index contributed by atoms with van der Waals surface area (Å²) >= 11 is 0. The molecule has 0 bridgehead atoms. The van der Waals surface area contributed by atoms with Crippen molar-refractivity contribution in [2.75, 3.05) is 11.9 Å². The minimum Gasteiger partial charge on any atom is -0.507 e. The number of rotatable bonds is 10. The molecule has 3 aromatic rings. The molecule has 1 heterocycles. The zero-order valence-corrected chi connectivity index (χ0v) is 20.7. The van der Waals surface area contributed by atoms with Gasteiger partial charge in [-0.2, -0.15) is 5.21 Å². The number of hydrogen-bond donors (Lipinski definition) is 6. The molecule has 0 atom stereocenters. The number of sulfonamides is 1. The first-order valence-electron chi connectivity index (χ1n) is 10.4. The highest BCUT2D eigenvalue weighted by Crippen LogP contribution is 2.25. The number of hydrogen-bond acceptors (Lipinski definition) is 8. The number of carbonyl (C=O) groups is 1. The fourth-order valence-electron chi connectivity index (χ4n) is 3.18. The van der Waals surface area contributed by atoms with Crippen LogP contribution in [-0.2, 0) is 27.7 Å². The van der Waals surface area contributed by atoms with E-state index >= 15 is 0 Å². The minimum atomic E-state index is -4.08. The summed E-state index contributed by atoms with van der Waals surface area (Å²) in [7, 11) is -4.08. The molecule has 2 aromatic carbocycles. The predicted molar refractivity (Wildman–Crippen MR) is 132 cm³/mol. The lowest BCUT2D eigenvalue weighted by Gasteiger charge is -2.15. The molecule has 35 heavy (non-hydrogen) atoms. The molecule has 0 saturated heterocycles. The van der Waals surface area contributed by atoms with Crippen LogP contribution in [0.15, 0.2) is 41.3 Å². The van der Waals surface area contributed by atoms with Gasteiger partial charge in [0, 0.05) is 17.8 Å². The Morgan fingerprint density at radius 1 is 1.23 bits per heavy atom. The van der Waals surface area contributed by atoms with Crippen LogP contribution in [0.5, 0.6) is 5.75 Å². The van der Waals surface area contributed by atoms with Crippen molar-refractivity contribution in [3.05, 3.63) is 58.9 Å². The number of phenolic OH excluding ortho intramolecular Hbond substituents is 1. The van der Waals surface area contributed by atoms with Crippen LogP contribution in [0.4, 0.5) is 5.69 Å². The number of carbonyl (C=O) groups excluding carboxylic acids is 1. The molecule has 1 aromatic heterocycles. The van der Waals surface area contributed by atoms with Crippen LogP contribution in [0.25, 0.3) is 0 Å². The van der Waals surface area contributed by atoms with Gasteiger partial charge in [-0.15, -0.1) is 22.6 Å². The summed E-state index contributed by atoms with van der Waals surface area (Å²) in [5.41, 5.74) is 7.88. The average molecular weight is 523 g/mol. The number of aromatic nitrogens is 4. The van der Waals surface area contributed by atoms with E-state index in [0.717, 1.165) is 17.2 Å². The number of amidine groups is 1. The minimum absolute atomic E-state index is 0. The lowest BCUT2D eigenvalue weighted by atomic mass is 9.99. The van der Waals surface area contributed by atoms with E-state index in [4.69, 9.17) is 11.1 Å². The molecule has 0 aliphatic rings. The Morgan fingerprint density at radius 3 is 2.60 bits per heavy atom. The number of nitrogens with two attached hydrogens (primary N) is 1. The van der Waals surface area contributed by atoms with Gasteiger partial charge in [-0.1, -0.05) is 31.2 Å². The summed E-state index contributed by atoms with van der Waals surface area (Å²) in [6.45, 7) is 4.05. The Bertz CT molecular complexity index is 1300. The zero-order valence-electron chi connectivity index (χ0n) is 19.1. The molecule has 12 nitrogen and oxygen atoms in total. The number of phenols is 1. The summed E-state index contributed by atoms with van der Waals surface area (Å²) in [6.07, 6.45) is 0.197. The lowest BCUT2D eigenvalue weighted by Crippen LogP contribution is -2.27. The van der Waals surface area contributed by atoms with Gasteiger partial charge >= 0.3 is 0 Å². The van der Waals surface area contributed by atoms with Crippen LogP contribution < -0.4 is 15.8 Å². The van der Waals surface area contributed by atoms with E-state index < -0.39 is 15.8 Å². The second kappa shape index (κ2) is 11.7. The lowest BCUT2D eigenvalue weighted by molar-refractivity contribution is -0.115. The van der Waals surface area contributed by atoms with E-state index in [1.807, 2.05) is 32.0 Å². The van der Waals surface area contributed by atoms with Crippen LogP contribution in [0.3, 0.4) is 0 Å². The maximum Gasteiger partial charge on any atom is 0.244 e. The molecule has 188 valence electrons. The van der Waals surface area contributed by atoms with E-state index in [-0.39, 0.29) is 65.7 Å². The number of amides is 1. The topological polar surface area (TPSA) is 200 Å². The van der Waals surface area contributed by atoms with Gasteiger partial charge in [0.1, 0.15) is 16.5 Å². The van der Waals surface area contributed by atoms with E-state index in [1.54, 1.807) is 0 Å². The molecule has 0 aliphatic carbocycles. The third-order valence-electron chi connectivity index (χ3n) is 5.03.